The molecule has 0 radical (unpaired) electrons. The molecule has 0 saturated heterocycles. The number of carbonyl (C=O) groups is 1. The van der Waals surface area contributed by atoms with Gasteiger partial charge in [-0.15, -0.1) is 0 Å². The smallest absolute Gasteiger partial charge is 0.316 e. The molecule has 1 aromatic carbocycles. The fourth-order valence-electron chi connectivity index (χ4n) is 2.81. The molecule has 4 heteroatoms. The van der Waals surface area contributed by atoms with Crippen molar-refractivity contribution in [1.82, 2.24) is 0 Å². The van der Waals surface area contributed by atoms with Crippen LogP contribution >= 0.6 is 15.9 Å². The largest absolute Gasteiger partial charge is 0.468 e. The summed E-state index contributed by atoms with van der Waals surface area (Å²) in [4.78, 5) is 12.1. The van der Waals surface area contributed by atoms with Gasteiger partial charge in [0, 0.05) is 4.47 Å². The highest BCUT2D eigenvalue weighted by atomic mass is 79.9. The standard InChI is InChI=1S/C14H17BrO3/c1-3-13(17)8-14(9-13,12(16)18-2)10-6-4-5-7-11(10)15/h4-7,17H,3,8-9H2,1-2H3. The lowest BCUT2D eigenvalue weighted by Gasteiger charge is -2.51. The molecule has 0 bridgehead atoms. The Morgan fingerprint density at radius 3 is 2.56 bits per heavy atom. The third-order valence-electron chi connectivity index (χ3n) is 3.89. The van der Waals surface area contributed by atoms with E-state index in [0.29, 0.717) is 19.3 Å². The molecule has 2 rings (SSSR count). The van der Waals surface area contributed by atoms with Gasteiger partial charge in [-0.3, -0.25) is 4.79 Å². The molecule has 1 saturated carbocycles. The maximum absolute atomic E-state index is 12.1. The minimum absolute atomic E-state index is 0.271. The van der Waals surface area contributed by atoms with Gasteiger partial charge in [0.25, 0.3) is 0 Å². The Morgan fingerprint density at radius 2 is 2.06 bits per heavy atom. The molecule has 0 heterocycles. The highest BCUT2D eigenvalue weighted by molar-refractivity contribution is 9.10. The molecule has 0 aromatic heterocycles. The van der Waals surface area contributed by atoms with Crippen LogP contribution in [0.5, 0.6) is 0 Å². The van der Waals surface area contributed by atoms with E-state index in [4.69, 9.17) is 4.74 Å². The topological polar surface area (TPSA) is 46.5 Å². The van der Waals surface area contributed by atoms with E-state index in [1.807, 2.05) is 31.2 Å². The molecule has 0 unspecified atom stereocenters. The molecule has 0 atom stereocenters. The van der Waals surface area contributed by atoms with E-state index in [2.05, 4.69) is 15.9 Å². The number of aliphatic hydroxyl groups is 1. The molecule has 1 fully saturated rings. The van der Waals surface area contributed by atoms with Crippen LogP contribution in [0.4, 0.5) is 0 Å². The minimum Gasteiger partial charge on any atom is -0.468 e. The molecule has 1 aliphatic carbocycles. The third-order valence-corrected chi connectivity index (χ3v) is 4.58. The van der Waals surface area contributed by atoms with Crippen LogP contribution in [0.15, 0.2) is 28.7 Å². The van der Waals surface area contributed by atoms with E-state index in [1.54, 1.807) is 0 Å². The molecular weight excluding hydrogens is 296 g/mol. The lowest BCUT2D eigenvalue weighted by atomic mass is 9.55. The zero-order chi connectivity index (χ0) is 13.4. The molecule has 0 spiro atoms. The van der Waals surface area contributed by atoms with Crippen LogP contribution in [0.3, 0.4) is 0 Å². The molecular formula is C14H17BrO3. The Balaban J connectivity index is 2.41. The van der Waals surface area contributed by atoms with Crippen molar-refractivity contribution >= 4 is 21.9 Å². The monoisotopic (exact) mass is 312 g/mol. The van der Waals surface area contributed by atoms with Crippen molar-refractivity contribution in [3.05, 3.63) is 34.3 Å². The highest BCUT2D eigenvalue weighted by Crippen LogP contribution is 2.53. The van der Waals surface area contributed by atoms with Crippen LogP contribution in [0.1, 0.15) is 31.7 Å². The van der Waals surface area contributed by atoms with Crippen LogP contribution in [0.25, 0.3) is 0 Å². The number of ether oxygens (including phenoxy) is 1. The normalized spacial score (nSPS) is 30.7. The Morgan fingerprint density at radius 1 is 1.44 bits per heavy atom. The van der Waals surface area contributed by atoms with E-state index < -0.39 is 11.0 Å². The van der Waals surface area contributed by atoms with Gasteiger partial charge in [-0.2, -0.15) is 0 Å². The fraction of sp³-hybridized carbons (Fsp3) is 0.500. The van der Waals surface area contributed by atoms with Crippen molar-refractivity contribution in [2.45, 2.75) is 37.2 Å². The number of hydrogen-bond donors (Lipinski definition) is 1. The van der Waals surface area contributed by atoms with Gasteiger partial charge in [-0.05, 0) is 30.9 Å². The Bertz CT molecular complexity index is 464. The van der Waals surface area contributed by atoms with Crippen molar-refractivity contribution in [2.75, 3.05) is 7.11 Å². The Kier molecular flexibility index (Phi) is 3.52. The Labute approximate surface area is 115 Å². The number of rotatable bonds is 3. The maximum atomic E-state index is 12.1. The summed E-state index contributed by atoms with van der Waals surface area (Å²) in [6, 6.07) is 7.62. The number of benzene rings is 1. The number of methoxy groups -OCH3 is 1. The molecule has 1 N–H and O–H groups in total. The fourth-order valence-corrected chi connectivity index (χ4v) is 3.48. The van der Waals surface area contributed by atoms with E-state index in [1.165, 1.54) is 7.11 Å². The summed E-state index contributed by atoms with van der Waals surface area (Å²) >= 11 is 3.47. The molecule has 1 aromatic rings. The molecule has 98 valence electrons. The summed E-state index contributed by atoms with van der Waals surface area (Å²) in [6.07, 6.45) is 1.49. The van der Waals surface area contributed by atoms with Gasteiger partial charge in [0.1, 0.15) is 0 Å². The first-order valence-electron chi connectivity index (χ1n) is 6.03. The number of halogens is 1. The van der Waals surface area contributed by atoms with Crippen molar-refractivity contribution in [2.24, 2.45) is 0 Å². The van der Waals surface area contributed by atoms with Gasteiger partial charge in [-0.25, -0.2) is 0 Å². The second-order valence-electron chi connectivity index (χ2n) is 4.98. The first-order chi connectivity index (χ1) is 8.47. The average molecular weight is 313 g/mol. The predicted octanol–water partition coefficient (Wildman–Crippen LogP) is 2.79. The van der Waals surface area contributed by atoms with Crippen LogP contribution in [0, 0.1) is 0 Å². The van der Waals surface area contributed by atoms with Crippen molar-refractivity contribution in [3.63, 3.8) is 0 Å². The van der Waals surface area contributed by atoms with E-state index in [-0.39, 0.29) is 5.97 Å². The summed E-state index contributed by atoms with van der Waals surface area (Å²) in [5, 5.41) is 10.2. The summed E-state index contributed by atoms with van der Waals surface area (Å²) in [5.74, 6) is -0.271. The zero-order valence-electron chi connectivity index (χ0n) is 10.6. The summed E-state index contributed by atoms with van der Waals surface area (Å²) in [5.41, 5.74) is -0.557. The van der Waals surface area contributed by atoms with Crippen LogP contribution in [0.2, 0.25) is 0 Å². The van der Waals surface area contributed by atoms with E-state index in [9.17, 15) is 9.90 Å². The molecule has 0 aliphatic heterocycles. The second-order valence-corrected chi connectivity index (χ2v) is 5.84. The van der Waals surface area contributed by atoms with E-state index in [0.717, 1.165) is 10.0 Å². The quantitative estimate of drug-likeness (QED) is 0.873. The maximum Gasteiger partial charge on any atom is 0.316 e. The predicted molar refractivity (Wildman–Crippen MR) is 72.3 cm³/mol. The minimum atomic E-state index is -0.747. The van der Waals surface area contributed by atoms with Gasteiger partial charge in [0.15, 0.2) is 0 Å². The second kappa shape index (κ2) is 4.67. The number of esters is 1. The first-order valence-corrected chi connectivity index (χ1v) is 6.82. The lowest BCUT2D eigenvalue weighted by Crippen LogP contribution is -2.59. The van der Waals surface area contributed by atoms with Crippen molar-refractivity contribution in [1.29, 1.82) is 0 Å². The summed E-state index contributed by atoms with van der Waals surface area (Å²) in [6.45, 7) is 1.93. The lowest BCUT2D eigenvalue weighted by molar-refractivity contribution is -0.168. The SMILES string of the molecule is CCC1(O)CC(C(=O)OC)(c2ccccc2Br)C1. The van der Waals surface area contributed by atoms with Gasteiger partial charge in [0.05, 0.1) is 18.1 Å². The number of carbonyl (C=O) groups excluding carboxylic acids is 1. The van der Waals surface area contributed by atoms with Gasteiger partial charge < -0.3 is 9.84 Å². The molecule has 3 nitrogen and oxygen atoms in total. The van der Waals surface area contributed by atoms with Crippen LogP contribution < -0.4 is 0 Å². The van der Waals surface area contributed by atoms with Gasteiger partial charge in [0.2, 0.25) is 0 Å². The van der Waals surface area contributed by atoms with E-state index >= 15 is 0 Å². The van der Waals surface area contributed by atoms with Gasteiger partial charge >= 0.3 is 5.97 Å². The van der Waals surface area contributed by atoms with Crippen molar-refractivity contribution in [3.8, 4) is 0 Å². The zero-order valence-corrected chi connectivity index (χ0v) is 12.2. The molecule has 1 aliphatic rings. The number of hydrogen-bond acceptors (Lipinski definition) is 3. The first kappa shape index (κ1) is 13.6. The molecule has 18 heavy (non-hydrogen) atoms. The van der Waals surface area contributed by atoms with Crippen molar-refractivity contribution < 1.29 is 14.6 Å². The Hall–Kier alpha value is -0.870. The average Bonchev–Trinajstić information content (AvgIpc) is 2.34. The van der Waals surface area contributed by atoms with Gasteiger partial charge in [-0.1, -0.05) is 41.1 Å². The molecule has 0 amide bonds. The summed E-state index contributed by atoms with van der Waals surface area (Å²) in [7, 11) is 1.39. The highest BCUT2D eigenvalue weighted by Gasteiger charge is 2.59. The van der Waals surface area contributed by atoms with Crippen LogP contribution in [-0.2, 0) is 14.9 Å². The summed E-state index contributed by atoms with van der Waals surface area (Å²) < 4.78 is 5.82. The third kappa shape index (κ3) is 1.97. The van der Waals surface area contributed by atoms with Crippen LogP contribution in [-0.4, -0.2) is 23.8 Å².